The molecule has 0 bridgehead atoms. The Morgan fingerprint density at radius 2 is 1.86 bits per heavy atom. The number of methoxy groups -OCH3 is 1. The number of rotatable bonds is 11. The Labute approximate surface area is 209 Å². The van der Waals surface area contributed by atoms with Crippen molar-refractivity contribution < 1.29 is 9.47 Å². The van der Waals surface area contributed by atoms with Crippen molar-refractivity contribution in [3.05, 3.63) is 84.0 Å². The third-order valence-electron chi connectivity index (χ3n) is 5.06. The van der Waals surface area contributed by atoms with E-state index in [0.717, 1.165) is 17.0 Å². The third-order valence-corrected chi connectivity index (χ3v) is 5.06. The Morgan fingerprint density at radius 3 is 2.67 bits per heavy atom. The summed E-state index contributed by atoms with van der Waals surface area (Å²) in [4.78, 5) is 13.8. The highest BCUT2D eigenvalue weighted by atomic mass is 16.5. The molecule has 4 aromatic rings. The van der Waals surface area contributed by atoms with Crippen LogP contribution in [-0.4, -0.2) is 50.3 Å². The van der Waals surface area contributed by atoms with Crippen LogP contribution < -0.4 is 5.32 Å². The van der Waals surface area contributed by atoms with Crippen LogP contribution in [0.1, 0.15) is 23.9 Å². The maximum atomic E-state index is 9.31. The van der Waals surface area contributed by atoms with Crippen molar-refractivity contribution >= 4 is 5.95 Å². The lowest BCUT2D eigenvalue weighted by atomic mass is 10.1. The first kappa shape index (κ1) is 24.7. The van der Waals surface area contributed by atoms with Gasteiger partial charge in [0, 0.05) is 25.0 Å². The summed E-state index contributed by atoms with van der Waals surface area (Å²) >= 11 is 0. The molecule has 0 atom stereocenters. The third kappa shape index (κ3) is 6.35. The number of hydrogen-bond acceptors (Lipinski definition) is 9. The van der Waals surface area contributed by atoms with Gasteiger partial charge in [-0.15, -0.1) is 5.10 Å². The largest absolute Gasteiger partial charge is 0.378 e. The second-order valence-corrected chi connectivity index (χ2v) is 7.87. The number of benzene rings is 1. The van der Waals surface area contributed by atoms with E-state index in [2.05, 4.69) is 43.2 Å². The molecule has 0 spiro atoms. The number of nitriles is 1. The number of anilines is 1. The zero-order chi connectivity index (χ0) is 25.3. The maximum Gasteiger partial charge on any atom is 0.228 e. The van der Waals surface area contributed by atoms with Crippen LogP contribution in [0, 0.1) is 11.3 Å². The molecule has 0 aliphatic rings. The van der Waals surface area contributed by atoms with Crippen molar-refractivity contribution in [1.82, 2.24) is 29.9 Å². The molecule has 36 heavy (non-hydrogen) atoms. The monoisotopic (exact) mass is 482 g/mol. The van der Waals surface area contributed by atoms with Crippen LogP contribution in [0.15, 0.2) is 67.0 Å². The summed E-state index contributed by atoms with van der Waals surface area (Å²) < 4.78 is 12.3. The number of aromatic nitrogens is 6. The molecule has 182 valence electrons. The van der Waals surface area contributed by atoms with E-state index in [1.54, 1.807) is 30.1 Å². The lowest BCUT2D eigenvalue weighted by Gasteiger charge is -2.11. The fraction of sp³-hybridized carbons (Fsp3) is 0.231. The topological polar surface area (TPSA) is 124 Å². The van der Waals surface area contributed by atoms with Crippen molar-refractivity contribution in [1.29, 1.82) is 5.26 Å². The Hall–Kier alpha value is -4.46. The number of hydrogen-bond donors (Lipinski definition) is 1. The molecule has 0 saturated heterocycles. The summed E-state index contributed by atoms with van der Waals surface area (Å²) in [7, 11) is 1.64. The predicted molar refractivity (Wildman–Crippen MR) is 135 cm³/mol. The first-order valence-electron chi connectivity index (χ1n) is 11.3. The van der Waals surface area contributed by atoms with Crippen molar-refractivity contribution in [2.45, 2.75) is 20.1 Å². The van der Waals surface area contributed by atoms with Crippen LogP contribution >= 0.6 is 0 Å². The van der Waals surface area contributed by atoms with Crippen LogP contribution in [0.5, 0.6) is 0 Å². The van der Waals surface area contributed by atoms with Gasteiger partial charge in [-0.05, 0) is 37.3 Å². The second-order valence-electron chi connectivity index (χ2n) is 7.87. The molecule has 1 aromatic carbocycles. The quantitative estimate of drug-likeness (QED) is 0.340. The molecule has 0 radical (unpaired) electrons. The minimum absolute atomic E-state index is 0.328. The van der Waals surface area contributed by atoms with Gasteiger partial charge in [-0.25, -0.2) is 14.6 Å². The van der Waals surface area contributed by atoms with Crippen LogP contribution in [0.2, 0.25) is 0 Å². The normalized spacial score (nSPS) is 10.7. The molecule has 0 unspecified atom stereocenters. The Bertz CT molecular complexity index is 1390. The van der Waals surface area contributed by atoms with Gasteiger partial charge in [-0.1, -0.05) is 30.0 Å². The van der Waals surface area contributed by atoms with E-state index < -0.39 is 0 Å². The van der Waals surface area contributed by atoms with E-state index in [-0.39, 0.29) is 0 Å². The van der Waals surface area contributed by atoms with Crippen molar-refractivity contribution in [2.24, 2.45) is 0 Å². The summed E-state index contributed by atoms with van der Waals surface area (Å²) in [6.07, 6.45) is 1.81. The van der Waals surface area contributed by atoms with Gasteiger partial charge < -0.3 is 14.8 Å². The lowest BCUT2D eigenvalue weighted by Crippen LogP contribution is -2.09. The minimum Gasteiger partial charge on any atom is -0.378 e. The molecule has 0 amide bonds. The van der Waals surface area contributed by atoms with Gasteiger partial charge in [0.05, 0.1) is 60.4 Å². The van der Waals surface area contributed by atoms with E-state index in [9.17, 15) is 5.26 Å². The zero-order valence-electron chi connectivity index (χ0n) is 20.2. The fourth-order valence-electron chi connectivity index (χ4n) is 3.45. The highest BCUT2D eigenvalue weighted by molar-refractivity contribution is 5.68. The smallest absolute Gasteiger partial charge is 0.228 e. The molecule has 0 saturated carbocycles. The molecule has 10 nitrogen and oxygen atoms in total. The van der Waals surface area contributed by atoms with E-state index in [0.29, 0.717) is 60.7 Å². The number of ether oxygens (including phenoxy) is 2. The molecule has 10 heteroatoms. The zero-order valence-corrected chi connectivity index (χ0v) is 20.2. The van der Waals surface area contributed by atoms with E-state index in [1.807, 2.05) is 43.3 Å². The molecule has 1 N–H and O–H groups in total. The van der Waals surface area contributed by atoms with E-state index >= 15 is 0 Å². The maximum absolute atomic E-state index is 9.31. The highest BCUT2D eigenvalue weighted by Gasteiger charge is 2.13. The molecule has 0 fully saturated rings. The summed E-state index contributed by atoms with van der Waals surface area (Å²) in [5.74, 6) is 0.345. The summed E-state index contributed by atoms with van der Waals surface area (Å²) in [6.45, 7) is 7.68. The predicted octanol–water partition coefficient (Wildman–Crippen LogP) is 3.83. The highest BCUT2D eigenvalue weighted by Crippen LogP contribution is 2.25. The van der Waals surface area contributed by atoms with Crippen LogP contribution in [0.25, 0.3) is 22.6 Å². The van der Waals surface area contributed by atoms with Crippen LogP contribution in [0.3, 0.4) is 0 Å². The van der Waals surface area contributed by atoms with Gasteiger partial charge in [-0.2, -0.15) is 5.26 Å². The van der Waals surface area contributed by atoms with Gasteiger partial charge in [-0.3, -0.25) is 4.98 Å². The van der Waals surface area contributed by atoms with Crippen molar-refractivity contribution in [3.63, 3.8) is 0 Å². The van der Waals surface area contributed by atoms with Gasteiger partial charge in [0.25, 0.3) is 0 Å². The van der Waals surface area contributed by atoms with E-state index in [1.165, 1.54) is 0 Å². The number of nitrogens with zero attached hydrogens (tertiary/aromatic N) is 7. The molecule has 0 aliphatic carbocycles. The standard InChI is InChI=1S/C26H26N8O2/c1-4-36-16-18(2)28-26-30-23(20-8-5-7-19(11-20)13-27)12-24(31-26)25-15-34(33-32-25)14-21-9-6-10-22(29-21)17-35-3/h5-12,15H,2,4,14,16-17H2,1,3H3,(H,28,30,31). The minimum atomic E-state index is 0.328. The molecule has 4 rings (SSSR count). The fourth-order valence-corrected chi connectivity index (χ4v) is 3.45. The lowest BCUT2D eigenvalue weighted by molar-refractivity contribution is 0.172. The molecular weight excluding hydrogens is 456 g/mol. The van der Waals surface area contributed by atoms with Gasteiger partial charge in [0.15, 0.2) is 0 Å². The molecule has 0 aliphatic heterocycles. The van der Waals surface area contributed by atoms with Crippen LogP contribution in [0.4, 0.5) is 5.95 Å². The number of pyridine rings is 1. The summed E-state index contributed by atoms with van der Waals surface area (Å²) in [6, 6.07) is 17.0. The first-order valence-corrected chi connectivity index (χ1v) is 11.3. The van der Waals surface area contributed by atoms with Gasteiger partial charge >= 0.3 is 0 Å². The molecule has 3 heterocycles. The second kappa shape index (κ2) is 11.8. The summed E-state index contributed by atoms with van der Waals surface area (Å²) in [5, 5.41) is 21.0. The van der Waals surface area contributed by atoms with Crippen molar-refractivity contribution in [3.8, 4) is 28.7 Å². The Kier molecular flexibility index (Phi) is 8.08. The SMILES string of the molecule is C=C(COCC)Nc1nc(-c2cccc(C#N)c2)cc(-c2cn(Cc3cccc(COC)n3)nn2)n1. The van der Waals surface area contributed by atoms with E-state index in [4.69, 9.17) is 9.47 Å². The molecular formula is C26H26N8O2. The van der Waals surface area contributed by atoms with Gasteiger partial charge in [0.1, 0.15) is 5.69 Å². The summed E-state index contributed by atoms with van der Waals surface area (Å²) in [5.41, 5.74) is 5.40. The Morgan fingerprint density at radius 1 is 1.06 bits per heavy atom. The molecule has 3 aromatic heterocycles. The first-order chi connectivity index (χ1) is 17.6. The average Bonchev–Trinajstić information content (AvgIpc) is 3.36. The van der Waals surface area contributed by atoms with Crippen LogP contribution in [-0.2, 0) is 22.6 Å². The Balaban J connectivity index is 1.65. The number of nitrogens with one attached hydrogen (secondary N) is 1. The van der Waals surface area contributed by atoms with Crippen molar-refractivity contribution in [2.75, 3.05) is 25.6 Å². The van der Waals surface area contributed by atoms with Gasteiger partial charge in [0.2, 0.25) is 5.95 Å². The average molecular weight is 483 g/mol.